The molecule has 2 aliphatic rings. The number of thioether (sulfide) groups is 1. The van der Waals surface area contributed by atoms with Gasteiger partial charge in [0.15, 0.2) is 0 Å². The Morgan fingerprint density at radius 1 is 1.41 bits per heavy atom. The fourth-order valence-corrected chi connectivity index (χ4v) is 4.25. The van der Waals surface area contributed by atoms with E-state index >= 15 is 0 Å². The number of rotatable bonds is 4. The molecule has 1 aliphatic heterocycles. The van der Waals surface area contributed by atoms with Crippen molar-refractivity contribution < 1.29 is 0 Å². The van der Waals surface area contributed by atoms with Crippen LogP contribution in [0.25, 0.3) is 0 Å². The van der Waals surface area contributed by atoms with Crippen LogP contribution >= 0.6 is 11.8 Å². The Morgan fingerprint density at radius 3 is 2.59 bits per heavy atom. The summed E-state index contributed by atoms with van der Waals surface area (Å²) in [5, 5.41) is 0. The van der Waals surface area contributed by atoms with Crippen LogP contribution in [0.3, 0.4) is 0 Å². The van der Waals surface area contributed by atoms with E-state index in [1.807, 2.05) is 0 Å². The molecule has 2 nitrogen and oxygen atoms in total. The minimum absolute atomic E-state index is 0.239. The Hall–Kier alpha value is 0.270. The zero-order valence-corrected chi connectivity index (χ0v) is 12.5. The second kappa shape index (κ2) is 5.10. The van der Waals surface area contributed by atoms with E-state index in [0.717, 1.165) is 12.5 Å². The normalized spacial score (nSPS) is 29.6. The molecule has 0 radical (unpaired) electrons. The topological polar surface area (TPSA) is 29.3 Å². The predicted molar refractivity (Wildman–Crippen MR) is 77.5 cm³/mol. The summed E-state index contributed by atoms with van der Waals surface area (Å²) in [5.74, 6) is 2.20. The largest absolute Gasteiger partial charge is 0.329 e. The summed E-state index contributed by atoms with van der Waals surface area (Å²) in [6, 6.07) is 0. The molecular weight excluding hydrogens is 228 g/mol. The minimum Gasteiger partial charge on any atom is -0.329 e. The summed E-state index contributed by atoms with van der Waals surface area (Å²) in [6.07, 6.45) is 5.61. The molecule has 17 heavy (non-hydrogen) atoms. The van der Waals surface area contributed by atoms with Gasteiger partial charge in [0, 0.05) is 35.7 Å². The van der Waals surface area contributed by atoms with Crippen LogP contribution in [-0.4, -0.2) is 40.6 Å². The van der Waals surface area contributed by atoms with Crippen molar-refractivity contribution in [1.29, 1.82) is 0 Å². The predicted octanol–water partition coefficient (Wildman–Crippen LogP) is 2.72. The van der Waals surface area contributed by atoms with Gasteiger partial charge in [0.05, 0.1) is 0 Å². The molecular formula is C14H28N2S. The highest BCUT2D eigenvalue weighted by molar-refractivity contribution is 8.00. The first-order valence-electron chi connectivity index (χ1n) is 7.04. The number of nitrogens with two attached hydrogens (primary N) is 1. The summed E-state index contributed by atoms with van der Waals surface area (Å²) >= 11 is 2.11. The molecule has 1 aliphatic carbocycles. The zero-order valence-electron chi connectivity index (χ0n) is 11.7. The van der Waals surface area contributed by atoms with Crippen molar-refractivity contribution in [2.45, 2.75) is 56.7 Å². The van der Waals surface area contributed by atoms with Crippen molar-refractivity contribution in [3.8, 4) is 0 Å². The van der Waals surface area contributed by atoms with Crippen molar-refractivity contribution in [2.75, 3.05) is 25.4 Å². The monoisotopic (exact) mass is 256 g/mol. The van der Waals surface area contributed by atoms with Crippen LogP contribution in [-0.2, 0) is 0 Å². The molecule has 0 aromatic heterocycles. The maximum absolute atomic E-state index is 6.11. The lowest BCUT2D eigenvalue weighted by Crippen LogP contribution is -2.59. The highest BCUT2D eigenvalue weighted by Crippen LogP contribution is 2.39. The molecule has 0 bridgehead atoms. The van der Waals surface area contributed by atoms with Gasteiger partial charge in [-0.05, 0) is 33.1 Å². The number of nitrogens with zero attached hydrogens (tertiary/aromatic N) is 1. The van der Waals surface area contributed by atoms with Gasteiger partial charge in [0.2, 0.25) is 0 Å². The number of hydrogen-bond acceptors (Lipinski definition) is 3. The Balaban J connectivity index is 1.99. The van der Waals surface area contributed by atoms with Crippen molar-refractivity contribution in [3.63, 3.8) is 0 Å². The lowest BCUT2D eigenvalue weighted by atomic mass is 9.75. The third-order valence-electron chi connectivity index (χ3n) is 4.58. The summed E-state index contributed by atoms with van der Waals surface area (Å²) in [4.78, 5) is 2.67. The van der Waals surface area contributed by atoms with Crippen LogP contribution in [0.2, 0.25) is 0 Å². The summed E-state index contributed by atoms with van der Waals surface area (Å²) in [5.41, 5.74) is 6.34. The maximum atomic E-state index is 6.11. The Bertz CT molecular complexity index is 263. The molecule has 2 N–H and O–H groups in total. The van der Waals surface area contributed by atoms with E-state index in [9.17, 15) is 0 Å². The lowest BCUT2D eigenvalue weighted by Gasteiger charge is -2.49. The van der Waals surface area contributed by atoms with Gasteiger partial charge < -0.3 is 5.73 Å². The van der Waals surface area contributed by atoms with E-state index in [-0.39, 0.29) is 5.54 Å². The zero-order chi connectivity index (χ0) is 12.5. The highest BCUT2D eigenvalue weighted by Gasteiger charge is 2.39. The number of hydrogen-bond donors (Lipinski definition) is 1. The molecule has 2 rings (SSSR count). The minimum atomic E-state index is 0.239. The van der Waals surface area contributed by atoms with Gasteiger partial charge in [-0.1, -0.05) is 19.3 Å². The van der Waals surface area contributed by atoms with E-state index in [0.29, 0.717) is 4.75 Å². The Kier molecular flexibility index (Phi) is 4.11. The van der Waals surface area contributed by atoms with Crippen LogP contribution < -0.4 is 5.73 Å². The van der Waals surface area contributed by atoms with Crippen molar-refractivity contribution >= 4 is 11.8 Å². The summed E-state index contributed by atoms with van der Waals surface area (Å²) in [7, 11) is 0. The average molecular weight is 256 g/mol. The molecule has 2 fully saturated rings. The van der Waals surface area contributed by atoms with Crippen LogP contribution in [0.15, 0.2) is 0 Å². The van der Waals surface area contributed by atoms with Gasteiger partial charge in [0.25, 0.3) is 0 Å². The smallest absolute Gasteiger partial charge is 0.0307 e. The molecule has 1 saturated carbocycles. The summed E-state index contributed by atoms with van der Waals surface area (Å²) in [6.45, 7) is 10.3. The SMILES string of the molecule is CC1(C)CN(C(C)(CN)CC2CCC2)CCS1. The Labute approximate surface area is 111 Å². The Morgan fingerprint density at radius 2 is 2.12 bits per heavy atom. The van der Waals surface area contributed by atoms with Crippen LogP contribution in [0.4, 0.5) is 0 Å². The summed E-state index contributed by atoms with van der Waals surface area (Å²) < 4.78 is 0.397. The highest BCUT2D eigenvalue weighted by atomic mass is 32.2. The van der Waals surface area contributed by atoms with Gasteiger partial charge in [-0.3, -0.25) is 4.90 Å². The first-order chi connectivity index (χ1) is 7.95. The molecule has 0 spiro atoms. The van der Waals surface area contributed by atoms with Crippen molar-refractivity contribution in [3.05, 3.63) is 0 Å². The quantitative estimate of drug-likeness (QED) is 0.838. The van der Waals surface area contributed by atoms with E-state index in [4.69, 9.17) is 5.73 Å². The second-order valence-corrected chi connectivity index (χ2v) is 8.53. The molecule has 1 heterocycles. The fourth-order valence-electron chi connectivity index (χ4n) is 3.14. The first-order valence-corrected chi connectivity index (χ1v) is 8.03. The third-order valence-corrected chi connectivity index (χ3v) is 5.88. The van der Waals surface area contributed by atoms with Crippen molar-refractivity contribution in [2.24, 2.45) is 11.7 Å². The molecule has 0 aromatic rings. The molecule has 0 aromatic carbocycles. The van der Waals surface area contributed by atoms with Crippen LogP contribution in [0.1, 0.15) is 46.5 Å². The molecule has 1 saturated heterocycles. The molecule has 0 amide bonds. The van der Waals surface area contributed by atoms with E-state index in [2.05, 4.69) is 37.4 Å². The van der Waals surface area contributed by atoms with Crippen LogP contribution in [0.5, 0.6) is 0 Å². The van der Waals surface area contributed by atoms with Gasteiger partial charge >= 0.3 is 0 Å². The van der Waals surface area contributed by atoms with Gasteiger partial charge in [0.1, 0.15) is 0 Å². The maximum Gasteiger partial charge on any atom is 0.0307 e. The van der Waals surface area contributed by atoms with Gasteiger partial charge in [-0.2, -0.15) is 11.8 Å². The average Bonchev–Trinajstić information content (AvgIpc) is 2.22. The third kappa shape index (κ3) is 3.18. The lowest BCUT2D eigenvalue weighted by molar-refractivity contribution is 0.0637. The van der Waals surface area contributed by atoms with Crippen LogP contribution in [0, 0.1) is 5.92 Å². The molecule has 100 valence electrons. The van der Waals surface area contributed by atoms with E-state index in [1.165, 1.54) is 44.5 Å². The molecule has 1 atom stereocenters. The molecule has 1 unspecified atom stereocenters. The van der Waals surface area contributed by atoms with E-state index < -0.39 is 0 Å². The standard InChI is InChI=1S/C14H28N2S/c1-13(2)11-16(7-8-17-13)14(3,10-15)9-12-5-4-6-12/h12H,4-11,15H2,1-3H3. The van der Waals surface area contributed by atoms with Gasteiger partial charge in [-0.15, -0.1) is 0 Å². The van der Waals surface area contributed by atoms with Crippen molar-refractivity contribution in [1.82, 2.24) is 4.90 Å². The van der Waals surface area contributed by atoms with E-state index in [1.54, 1.807) is 0 Å². The second-order valence-electron chi connectivity index (χ2n) is 6.73. The fraction of sp³-hybridized carbons (Fsp3) is 1.00. The van der Waals surface area contributed by atoms with Gasteiger partial charge in [-0.25, -0.2) is 0 Å². The first kappa shape index (κ1) is 13.7. The molecule has 3 heteroatoms.